The third kappa shape index (κ3) is 4.18. The molecule has 0 amide bonds. The van der Waals surface area contributed by atoms with Crippen molar-refractivity contribution >= 4 is 11.8 Å². The lowest BCUT2D eigenvalue weighted by molar-refractivity contribution is 0.182. The highest BCUT2D eigenvalue weighted by Gasteiger charge is 2.20. The van der Waals surface area contributed by atoms with E-state index >= 15 is 0 Å². The van der Waals surface area contributed by atoms with E-state index in [2.05, 4.69) is 33.6 Å². The van der Waals surface area contributed by atoms with Crippen LogP contribution in [0.15, 0.2) is 29.4 Å². The second kappa shape index (κ2) is 8.72. The minimum Gasteiger partial charge on any atom is -0.496 e. The molecular formula is C19H28N4OS. The smallest absolute Gasteiger partial charge is 0.191 e. The Morgan fingerprint density at radius 3 is 2.84 bits per heavy atom. The standard InChI is InChI=1S/C19H28N4OS/c1-4-23-18(16-10-5-6-11-17(16)24-3)20-21-19(23)25-14-12-15-9-7-8-13-22(15)2/h5-6,10-11,15H,4,7-9,12-14H2,1-3H3. The normalized spacial score (nSPS) is 18.4. The van der Waals surface area contributed by atoms with E-state index in [9.17, 15) is 0 Å². The van der Waals surface area contributed by atoms with Crippen LogP contribution in [0, 0.1) is 0 Å². The fraction of sp³-hybridized carbons (Fsp3) is 0.579. The molecule has 0 saturated carbocycles. The monoisotopic (exact) mass is 360 g/mol. The minimum atomic E-state index is 0.716. The lowest BCUT2D eigenvalue weighted by Crippen LogP contribution is -2.36. The van der Waals surface area contributed by atoms with E-state index in [-0.39, 0.29) is 0 Å². The van der Waals surface area contributed by atoms with Gasteiger partial charge in [0.2, 0.25) is 0 Å². The molecule has 6 heteroatoms. The summed E-state index contributed by atoms with van der Waals surface area (Å²) in [6.07, 6.45) is 5.24. The SMILES string of the molecule is CCn1c(SCCC2CCCCN2C)nnc1-c1ccccc1OC. The number of likely N-dealkylation sites (tertiary alicyclic amines) is 1. The number of para-hydroxylation sites is 1. The summed E-state index contributed by atoms with van der Waals surface area (Å²) in [5, 5.41) is 9.90. The summed E-state index contributed by atoms with van der Waals surface area (Å²) in [4.78, 5) is 2.51. The maximum absolute atomic E-state index is 5.49. The first-order chi connectivity index (χ1) is 12.2. The van der Waals surface area contributed by atoms with E-state index in [1.165, 1.54) is 32.2 Å². The fourth-order valence-electron chi connectivity index (χ4n) is 3.50. The number of rotatable bonds is 7. The lowest BCUT2D eigenvalue weighted by atomic mass is 10.0. The Morgan fingerprint density at radius 2 is 2.08 bits per heavy atom. The van der Waals surface area contributed by atoms with Gasteiger partial charge in [-0.25, -0.2) is 0 Å². The van der Waals surface area contributed by atoms with Gasteiger partial charge in [-0.3, -0.25) is 0 Å². The van der Waals surface area contributed by atoms with Crippen LogP contribution in [0.1, 0.15) is 32.6 Å². The van der Waals surface area contributed by atoms with Crippen LogP contribution < -0.4 is 4.74 Å². The lowest BCUT2D eigenvalue weighted by Gasteiger charge is -2.32. The van der Waals surface area contributed by atoms with Crippen molar-refractivity contribution in [1.29, 1.82) is 0 Å². The predicted octanol–water partition coefficient (Wildman–Crippen LogP) is 3.94. The molecule has 2 aromatic rings. The topological polar surface area (TPSA) is 43.2 Å². The summed E-state index contributed by atoms with van der Waals surface area (Å²) in [7, 11) is 3.95. The number of piperidine rings is 1. The van der Waals surface area contributed by atoms with Crippen molar-refractivity contribution < 1.29 is 4.74 Å². The molecular weight excluding hydrogens is 332 g/mol. The van der Waals surface area contributed by atoms with Crippen molar-refractivity contribution in [3.8, 4) is 17.1 Å². The largest absolute Gasteiger partial charge is 0.496 e. The van der Waals surface area contributed by atoms with Gasteiger partial charge >= 0.3 is 0 Å². The van der Waals surface area contributed by atoms with E-state index in [4.69, 9.17) is 4.74 Å². The molecule has 2 heterocycles. The zero-order valence-corrected chi connectivity index (χ0v) is 16.3. The highest BCUT2D eigenvalue weighted by molar-refractivity contribution is 7.99. The Kier molecular flexibility index (Phi) is 6.37. The van der Waals surface area contributed by atoms with Crippen LogP contribution in [0.5, 0.6) is 5.75 Å². The first-order valence-corrected chi connectivity index (χ1v) is 10.1. The van der Waals surface area contributed by atoms with Gasteiger partial charge in [-0.1, -0.05) is 30.3 Å². The van der Waals surface area contributed by atoms with Gasteiger partial charge in [0, 0.05) is 18.3 Å². The average Bonchev–Trinajstić information content (AvgIpc) is 3.06. The van der Waals surface area contributed by atoms with Crippen LogP contribution >= 0.6 is 11.8 Å². The number of aromatic nitrogens is 3. The molecule has 1 atom stereocenters. The van der Waals surface area contributed by atoms with E-state index in [1.807, 2.05) is 36.0 Å². The molecule has 0 N–H and O–H groups in total. The van der Waals surface area contributed by atoms with E-state index in [0.29, 0.717) is 6.04 Å². The molecule has 0 aliphatic carbocycles. The van der Waals surface area contributed by atoms with Crippen LogP contribution in [0.2, 0.25) is 0 Å². The quantitative estimate of drug-likeness (QED) is 0.700. The van der Waals surface area contributed by atoms with Crippen molar-refractivity contribution in [1.82, 2.24) is 19.7 Å². The van der Waals surface area contributed by atoms with Gasteiger partial charge in [-0.05, 0) is 51.9 Å². The van der Waals surface area contributed by atoms with Gasteiger partial charge in [0.15, 0.2) is 11.0 Å². The fourth-order valence-corrected chi connectivity index (χ4v) is 4.55. The number of hydrogen-bond donors (Lipinski definition) is 0. The van der Waals surface area contributed by atoms with Crippen LogP contribution in [0.25, 0.3) is 11.4 Å². The summed E-state index contributed by atoms with van der Waals surface area (Å²) in [5.41, 5.74) is 0.998. The van der Waals surface area contributed by atoms with Crippen molar-refractivity contribution in [2.75, 3.05) is 26.5 Å². The highest BCUT2D eigenvalue weighted by Crippen LogP contribution is 2.31. The molecule has 0 radical (unpaired) electrons. The Morgan fingerprint density at radius 1 is 1.24 bits per heavy atom. The van der Waals surface area contributed by atoms with Gasteiger partial charge in [0.1, 0.15) is 5.75 Å². The molecule has 5 nitrogen and oxygen atoms in total. The Balaban J connectivity index is 1.70. The molecule has 0 spiro atoms. The number of methoxy groups -OCH3 is 1. The van der Waals surface area contributed by atoms with Crippen LogP contribution in [-0.2, 0) is 6.54 Å². The maximum Gasteiger partial charge on any atom is 0.191 e. The third-order valence-corrected chi connectivity index (χ3v) is 5.98. The summed E-state index contributed by atoms with van der Waals surface area (Å²) in [5.74, 6) is 2.81. The number of thioether (sulfide) groups is 1. The molecule has 1 fully saturated rings. The Bertz CT molecular complexity index is 688. The molecule has 1 aliphatic heterocycles. The van der Waals surface area contributed by atoms with Gasteiger partial charge in [0.05, 0.1) is 12.7 Å². The predicted molar refractivity (Wildman–Crippen MR) is 103 cm³/mol. The molecule has 1 aliphatic rings. The summed E-state index contributed by atoms with van der Waals surface area (Å²) >= 11 is 1.82. The zero-order chi connectivity index (χ0) is 17.6. The van der Waals surface area contributed by atoms with E-state index in [1.54, 1.807) is 7.11 Å². The third-order valence-electron chi connectivity index (χ3n) is 4.98. The van der Waals surface area contributed by atoms with E-state index in [0.717, 1.165) is 34.6 Å². The van der Waals surface area contributed by atoms with Crippen LogP contribution in [0.4, 0.5) is 0 Å². The van der Waals surface area contributed by atoms with Crippen molar-refractivity contribution in [2.24, 2.45) is 0 Å². The first kappa shape index (κ1) is 18.3. The van der Waals surface area contributed by atoms with Gasteiger partial charge in [0.25, 0.3) is 0 Å². The van der Waals surface area contributed by atoms with Crippen molar-refractivity contribution in [3.05, 3.63) is 24.3 Å². The summed E-state index contributed by atoms with van der Waals surface area (Å²) < 4.78 is 7.67. The molecule has 0 bridgehead atoms. The number of hydrogen-bond acceptors (Lipinski definition) is 5. The van der Waals surface area contributed by atoms with Crippen LogP contribution in [-0.4, -0.2) is 52.2 Å². The Hall–Kier alpha value is -1.53. The van der Waals surface area contributed by atoms with Gasteiger partial charge in [-0.15, -0.1) is 10.2 Å². The summed E-state index contributed by atoms with van der Waals surface area (Å²) in [6.45, 7) is 4.23. The summed E-state index contributed by atoms with van der Waals surface area (Å²) in [6, 6.07) is 8.72. The second-order valence-electron chi connectivity index (χ2n) is 6.52. The highest BCUT2D eigenvalue weighted by atomic mass is 32.2. The number of benzene rings is 1. The molecule has 1 saturated heterocycles. The zero-order valence-electron chi connectivity index (χ0n) is 15.4. The maximum atomic E-state index is 5.49. The van der Waals surface area contributed by atoms with Crippen LogP contribution in [0.3, 0.4) is 0 Å². The van der Waals surface area contributed by atoms with E-state index < -0.39 is 0 Å². The average molecular weight is 361 g/mol. The molecule has 136 valence electrons. The number of nitrogens with zero attached hydrogens (tertiary/aromatic N) is 4. The van der Waals surface area contributed by atoms with Gasteiger partial charge in [-0.2, -0.15) is 0 Å². The van der Waals surface area contributed by atoms with Crippen molar-refractivity contribution in [3.63, 3.8) is 0 Å². The first-order valence-electron chi connectivity index (χ1n) is 9.14. The van der Waals surface area contributed by atoms with Gasteiger partial charge < -0.3 is 14.2 Å². The minimum absolute atomic E-state index is 0.716. The molecule has 1 aromatic heterocycles. The molecule has 1 aromatic carbocycles. The second-order valence-corrected chi connectivity index (χ2v) is 7.58. The Labute approximate surface area is 154 Å². The number of ether oxygens (including phenoxy) is 1. The molecule has 25 heavy (non-hydrogen) atoms. The molecule has 3 rings (SSSR count). The van der Waals surface area contributed by atoms with Crippen molar-refractivity contribution in [2.45, 2.75) is 50.4 Å². The molecule has 1 unspecified atom stereocenters.